The van der Waals surface area contributed by atoms with E-state index >= 15 is 0 Å². The third-order valence-corrected chi connectivity index (χ3v) is 2.28. The van der Waals surface area contributed by atoms with Gasteiger partial charge in [-0.1, -0.05) is 6.92 Å². The molecule has 0 aliphatic rings. The fourth-order valence-corrected chi connectivity index (χ4v) is 1.57. The van der Waals surface area contributed by atoms with Gasteiger partial charge in [-0.25, -0.2) is 4.98 Å². The van der Waals surface area contributed by atoms with Crippen molar-refractivity contribution in [2.45, 2.75) is 19.3 Å². The summed E-state index contributed by atoms with van der Waals surface area (Å²) in [6.45, 7) is 1.77. The highest BCUT2D eigenvalue weighted by Crippen LogP contribution is 2.21. The Bertz CT molecular complexity index is 285. The van der Waals surface area contributed by atoms with Crippen molar-refractivity contribution in [3.05, 3.63) is 11.1 Å². The van der Waals surface area contributed by atoms with Crippen LogP contribution in [0.25, 0.3) is 0 Å². The van der Waals surface area contributed by atoms with Crippen LogP contribution in [0, 0.1) is 0 Å². The van der Waals surface area contributed by atoms with Gasteiger partial charge in [0.05, 0.1) is 11.7 Å². The third-order valence-electron chi connectivity index (χ3n) is 1.59. The average Bonchev–Trinajstić information content (AvgIpc) is 2.37. The van der Waals surface area contributed by atoms with Crippen LogP contribution in [0.5, 0.6) is 0 Å². The van der Waals surface area contributed by atoms with E-state index in [1.165, 1.54) is 11.3 Å². The largest absolute Gasteiger partial charge is 0.549 e. The minimum Gasteiger partial charge on any atom is -0.549 e. The summed E-state index contributed by atoms with van der Waals surface area (Å²) in [5, 5.41) is 12.6. The minimum absolute atomic E-state index is 0.393. The summed E-state index contributed by atoms with van der Waals surface area (Å²) >= 11 is 1.24. The summed E-state index contributed by atoms with van der Waals surface area (Å²) in [5.74, 6) is -1.72. The molecule has 0 spiro atoms. The number of hydrogen-bond acceptors (Lipinski definition) is 5. The van der Waals surface area contributed by atoms with Crippen molar-refractivity contribution in [2.75, 3.05) is 5.73 Å². The Balaban J connectivity index is 2.87. The van der Waals surface area contributed by atoms with E-state index < -0.39 is 11.9 Å². The topological polar surface area (TPSA) is 79.0 Å². The predicted octanol–water partition coefficient (Wildman–Crippen LogP) is -0.0312. The molecule has 2 N–H and O–H groups in total. The fraction of sp³-hybridized carbons (Fsp3) is 0.429. The van der Waals surface area contributed by atoms with Crippen LogP contribution in [-0.4, -0.2) is 11.0 Å². The summed E-state index contributed by atoms with van der Waals surface area (Å²) in [4.78, 5) is 14.4. The quantitative estimate of drug-likeness (QED) is 0.717. The Hall–Kier alpha value is -1.10. The Morgan fingerprint density at radius 1 is 1.92 bits per heavy atom. The number of nitrogen functional groups attached to an aromatic ring is 1. The van der Waals surface area contributed by atoms with Gasteiger partial charge in [0.25, 0.3) is 0 Å². The van der Waals surface area contributed by atoms with E-state index in [1.807, 2.05) is 0 Å². The molecular formula is C7H9N2O2S-. The summed E-state index contributed by atoms with van der Waals surface area (Å²) < 4.78 is 0. The van der Waals surface area contributed by atoms with Crippen molar-refractivity contribution in [3.63, 3.8) is 0 Å². The van der Waals surface area contributed by atoms with E-state index in [0.29, 0.717) is 17.2 Å². The zero-order valence-electron chi connectivity index (χ0n) is 6.61. The van der Waals surface area contributed by atoms with Crippen LogP contribution in [0.1, 0.15) is 25.0 Å². The first-order chi connectivity index (χ1) is 5.65. The zero-order valence-corrected chi connectivity index (χ0v) is 7.43. The number of carbonyl (C=O) groups is 1. The highest BCUT2D eigenvalue weighted by atomic mass is 32.1. The summed E-state index contributed by atoms with van der Waals surface area (Å²) in [7, 11) is 0. The molecule has 0 saturated carbocycles. The van der Waals surface area contributed by atoms with Gasteiger partial charge in [-0.15, -0.1) is 11.3 Å². The maximum absolute atomic E-state index is 10.6. The number of carbonyl (C=O) groups excluding carboxylic acids is 1. The molecule has 5 heteroatoms. The Morgan fingerprint density at radius 3 is 2.92 bits per heavy atom. The highest BCUT2D eigenvalue weighted by Gasteiger charge is 2.13. The van der Waals surface area contributed by atoms with E-state index in [0.717, 1.165) is 0 Å². The third kappa shape index (κ3) is 1.73. The molecule has 0 saturated heterocycles. The molecule has 1 aromatic rings. The number of carboxylic acids is 1. The SMILES string of the molecule is CCC(C(=O)[O-])c1csc(N)n1. The van der Waals surface area contributed by atoms with E-state index in [9.17, 15) is 9.90 Å². The van der Waals surface area contributed by atoms with Gasteiger partial charge in [0.15, 0.2) is 5.13 Å². The van der Waals surface area contributed by atoms with E-state index in [1.54, 1.807) is 12.3 Å². The summed E-state index contributed by atoms with van der Waals surface area (Å²) in [5.41, 5.74) is 5.87. The van der Waals surface area contributed by atoms with Gasteiger partial charge in [0.1, 0.15) is 0 Å². The highest BCUT2D eigenvalue weighted by molar-refractivity contribution is 7.13. The lowest BCUT2D eigenvalue weighted by atomic mass is 10.0. The average molecular weight is 185 g/mol. The van der Waals surface area contributed by atoms with Crippen LogP contribution < -0.4 is 10.8 Å². The van der Waals surface area contributed by atoms with Crippen molar-refractivity contribution in [3.8, 4) is 0 Å². The molecule has 1 aromatic heterocycles. The molecule has 1 heterocycles. The second kappa shape index (κ2) is 3.53. The van der Waals surface area contributed by atoms with Crippen molar-refractivity contribution < 1.29 is 9.90 Å². The molecule has 1 rings (SSSR count). The maximum atomic E-state index is 10.6. The van der Waals surface area contributed by atoms with Crippen molar-refractivity contribution in [1.82, 2.24) is 4.98 Å². The standard InChI is InChI=1S/C7H10N2O2S/c1-2-4(6(10)11)5-3-12-7(8)9-5/h3-4H,2H2,1H3,(H2,8,9)(H,10,11)/p-1. The molecule has 0 amide bonds. The molecule has 0 aromatic carbocycles. The number of nitrogens with zero attached hydrogens (tertiary/aromatic N) is 1. The predicted molar refractivity (Wildman–Crippen MR) is 44.6 cm³/mol. The van der Waals surface area contributed by atoms with E-state index in [4.69, 9.17) is 5.73 Å². The van der Waals surface area contributed by atoms with Gasteiger partial charge in [-0.05, 0) is 6.42 Å². The van der Waals surface area contributed by atoms with Crippen LogP contribution in [0.15, 0.2) is 5.38 Å². The van der Waals surface area contributed by atoms with Crippen LogP contribution >= 0.6 is 11.3 Å². The second-order valence-corrected chi connectivity index (χ2v) is 3.28. The lowest BCUT2D eigenvalue weighted by Gasteiger charge is -2.12. The number of carboxylic acid groups (broad SMARTS) is 1. The molecular weight excluding hydrogens is 176 g/mol. The molecule has 1 atom stereocenters. The first-order valence-corrected chi connectivity index (χ1v) is 4.44. The minimum atomic E-state index is -1.09. The van der Waals surface area contributed by atoms with Crippen molar-refractivity contribution in [1.29, 1.82) is 0 Å². The molecule has 4 nitrogen and oxygen atoms in total. The number of aliphatic carboxylic acids is 1. The molecule has 0 fully saturated rings. The summed E-state index contributed by atoms with van der Waals surface area (Å²) in [6.07, 6.45) is 0.478. The van der Waals surface area contributed by atoms with E-state index in [2.05, 4.69) is 4.98 Å². The number of aromatic nitrogens is 1. The Labute approximate surface area is 74.0 Å². The van der Waals surface area contributed by atoms with Crippen LogP contribution in [0.4, 0.5) is 5.13 Å². The number of hydrogen-bond donors (Lipinski definition) is 1. The number of nitrogens with two attached hydrogens (primary N) is 1. The molecule has 0 radical (unpaired) electrons. The Kier molecular flexibility index (Phi) is 2.65. The smallest absolute Gasteiger partial charge is 0.180 e. The fourth-order valence-electron chi connectivity index (χ4n) is 0.957. The van der Waals surface area contributed by atoms with Crippen LogP contribution in [-0.2, 0) is 4.79 Å². The normalized spacial score (nSPS) is 12.8. The second-order valence-electron chi connectivity index (χ2n) is 2.39. The van der Waals surface area contributed by atoms with Crippen molar-refractivity contribution >= 4 is 22.4 Å². The Morgan fingerprint density at radius 2 is 2.58 bits per heavy atom. The zero-order chi connectivity index (χ0) is 9.14. The lowest BCUT2D eigenvalue weighted by molar-refractivity contribution is -0.308. The molecule has 0 bridgehead atoms. The molecule has 1 unspecified atom stereocenters. The molecule has 66 valence electrons. The van der Waals surface area contributed by atoms with E-state index in [-0.39, 0.29) is 0 Å². The number of anilines is 1. The van der Waals surface area contributed by atoms with Gasteiger partial charge in [-0.3, -0.25) is 0 Å². The van der Waals surface area contributed by atoms with Gasteiger partial charge in [0.2, 0.25) is 0 Å². The van der Waals surface area contributed by atoms with Gasteiger partial charge in [0, 0.05) is 11.3 Å². The van der Waals surface area contributed by atoms with Crippen LogP contribution in [0.2, 0.25) is 0 Å². The van der Waals surface area contributed by atoms with Gasteiger partial charge >= 0.3 is 0 Å². The molecule has 12 heavy (non-hydrogen) atoms. The molecule has 0 aliphatic heterocycles. The molecule has 0 aliphatic carbocycles. The first kappa shape index (κ1) is 8.99. The van der Waals surface area contributed by atoms with Gasteiger partial charge < -0.3 is 15.6 Å². The maximum Gasteiger partial charge on any atom is 0.180 e. The van der Waals surface area contributed by atoms with Gasteiger partial charge in [-0.2, -0.15) is 0 Å². The van der Waals surface area contributed by atoms with Crippen molar-refractivity contribution in [2.24, 2.45) is 0 Å². The van der Waals surface area contributed by atoms with Crippen LogP contribution in [0.3, 0.4) is 0 Å². The number of thiazole rings is 1. The number of rotatable bonds is 3. The lowest BCUT2D eigenvalue weighted by Crippen LogP contribution is -2.29. The monoisotopic (exact) mass is 185 g/mol. The first-order valence-electron chi connectivity index (χ1n) is 3.57. The summed E-state index contributed by atoms with van der Waals surface area (Å²) in [6, 6.07) is 0.